The van der Waals surface area contributed by atoms with Crippen LogP contribution < -0.4 is 5.32 Å². The molecule has 1 N–H and O–H groups in total. The van der Waals surface area contributed by atoms with Crippen LogP contribution >= 0.6 is 11.3 Å². The maximum atomic E-state index is 3.50. The standard InChI is InChI=1S/C14H24N2S/c1-2-3-6-13(14-7-4-12-17-14)16-10-5-8-15-9-11-16/h4,7,12-13,15H,2-3,5-6,8-11H2,1H3. The highest BCUT2D eigenvalue weighted by molar-refractivity contribution is 7.10. The van der Waals surface area contributed by atoms with E-state index in [0.29, 0.717) is 6.04 Å². The van der Waals surface area contributed by atoms with Crippen LogP contribution in [0.4, 0.5) is 0 Å². The number of thiophene rings is 1. The highest BCUT2D eigenvalue weighted by Gasteiger charge is 2.21. The van der Waals surface area contributed by atoms with Crippen LogP contribution in [-0.2, 0) is 0 Å². The van der Waals surface area contributed by atoms with E-state index < -0.39 is 0 Å². The van der Waals surface area contributed by atoms with Crippen molar-refractivity contribution in [2.45, 2.75) is 38.6 Å². The minimum absolute atomic E-state index is 0.662. The predicted molar refractivity (Wildman–Crippen MR) is 75.6 cm³/mol. The third-order valence-electron chi connectivity index (χ3n) is 3.52. The van der Waals surface area contributed by atoms with Gasteiger partial charge in [0.25, 0.3) is 0 Å². The smallest absolute Gasteiger partial charge is 0.0442 e. The molecule has 1 aromatic heterocycles. The fourth-order valence-electron chi connectivity index (χ4n) is 2.56. The van der Waals surface area contributed by atoms with Crippen molar-refractivity contribution in [3.63, 3.8) is 0 Å². The summed E-state index contributed by atoms with van der Waals surface area (Å²) in [5, 5.41) is 5.71. The second-order valence-corrected chi connectivity index (χ2v) is 5.79. The first-order valence-corrected chi connectivity index (χ1v) is 7.78. The van der Waals surface area contributed by atoms with E-state index in [1.807, 2.05) is 11.3 Å². The Kier molecular flexibility index (Phi) is 5.49. The molecule has 1 atom stereocenters. The minimum atomic E-state index is 0.662. The van der Waals surface area contributed by atoms with Crippen molar-refractivity contribution in [2.24, 2.45) is 0 Å². The number of nitrogens with one attached hydrogen (secondary N) is 1. The van der Waals surface area contributed by atoms with Crippen molar-refractivity contribution in [1.82, 2.24) is 10.2 Å². The van der Waals surface area contributed by atoms with Gasteiger partial charge >= 0.3 is 0 Å². The number of rotatable bonds is 5. The molecule has 1 fully saturated rings. The fourth-order valence-corrected chi connectivity index (χ4v) is 3.46. The summed E-state index contributed by atoms with van der Waals surface area (Å²) < 4.78 is 0. The first-order chi connectivity index (χ1) is 8.42. The van der Waals surface area contributed by atoms with Crippen molar-refractivity contribution < 1.29 is 0 Å². The van der Waals surface area contributed by atoms with Crippen molar-refractivity contribution in [1.29, 1.82) is 0 Å². The molecule has 1 unspecified atom stereocenters. The molecule has 0 aromatic carbocycles. The average molecular weight is 252 g/mol. The molecule has 3 heteroatoms. The minimum Gasteiger partial charge on any atom is -0.315 e. The monoisotopic (exact) mass is 252 g/mol. The summed E-state index contributed by atoms with van der Waals surface area (Å²) in [4.78, 5) is 4.24. The molecule has 1 aliphatic heterocycles. The van der Waals surface area contributed by atoms with Crippen LogP contribution in [0.2, 0.25) is 0 Å². The van der Waals surface area contributed by atoms with Crippen LogP contribution in [0.5, 0.6) is 0 Å². The van der Waals surface area contributed by atoms with E-state index in [1.165, 1.54) is 45.3 Å². The summed E-state index contributed by atoms with van der Waals surface area (Å²) in [5.74, 6) is 0. The summed E-state index contributed by atoms with van der Waals surface area (Å²) >= 11 is 1.92. The highest BCUT2D eigenvalue weighted by Crippen LogP contribution is 2.30. The van der Waals surface area contributed by atoms with Crippen LogP contribution in [0.3, 0.4) is 0 Å². The van der Waals surface area contributed by atoms with E-state index in [-0.39, 0.29) is 0 Å². The first-order valence-electron chi connectivity index (χ1n) is 6.90. The predicted octanol–water partition coefficient (Wildman–Crippen LogP) is 3.27. The van der Waals surface area contributed by atoms with Crippen LogP contribution in [-0.4, -0.2) is 31.1 Å². The number of unbranched alkanes of at least 4 members (excludes halogenated alkanes) is 1. The van der Waals surface area contributed by atoms with Crippen molar-refractivity contribution in [3.05, 3.63) is 22.4 Å². The van der Waals surface area contributed by atoms with E-state index in [0.717, 1.165) is 6.54 Å². The Labute approximate surface area is 109 Å². The van der Waals surface area contributed by atoms with Crippen LogP contribution in [0, 0.1) is 0 Å². The lowest BCUT2D eigenvalue weighted by atomic mass is 10.1. The number of hydrogen-bond acceptors (Lipinski definition) is 3. The van der Waals surface area contributed by atoms with Gasteiger partial charge in [0.05, 0.1) is 0 Å². The quantitative estimate of drug-likeness (QED) is 0.865. The molecule has 0 radical (unpaired) electrons. The molecule has 0 spiro atoms. The zero-order chi connectivity index (χ0) is 11.9. The van der Waals surface area contributed by atoms with Gasteiger partial charge in [0, 0.05) is 30.6 Å². The SMILES string of the molecule is CCCCC(c1cccs1)N1CCCNCC1. The van der Waals surface area contributed by atoms with Crippen molar-refractivity contribution in [3.8, 4) is 0 Å². The molecule has 2 nitrogen and oxygen atoms in total. The van der Waals surface area contributed by atoms with Gasteiger partial charge in [-0.05, 0) is 30.8 Å². The third-order valence-corrected chi connectivity index (χ3v) is 4.49. The van der Waals surface area contributed by atoms with Gasteiger partial charge in [-0.2, -0.15) is 0 Å². The molecule has 96 valence electrons. The van der Waals surface area contributed by atoms with E-state index in [1.54, 1.807) is 4.88 Å². The lowest BCUT2D eigenvalue weighted by molar-refractivity contribution is 0.200. The average Bonchev–Trinajstić information content (AvgIpc) is 2.73. The lowest BCUT2D eigenvalue weighted by Gasteiger charge is -2.29. The normalized spacial score (nSPS) is 20.1. The Morgan fingerprint density at radius 3 is 3.12 bits per heavy atom. The molecule has 2 rings (SSSR count). The summed E-state index contributed by atoms with van der Waals surface area (Å²) in [6.45, 7) is 7.07. The van der Waals surface area contributed by atoms with E-state index in [2.05, 4.69) is 34.7 Å². The summed E-state index contributed by atoms with van der Waals surface area (Å²) in [7, 11) is 0. The second-order valence-electron chi connectivity index (χ2n) is 4.81. The van der Waals surface area contributed by atoms with E-state index >= 15 is 0 Å². The molecule has 0 saturated carbocycles. The molecular weight excluding hydrogens is 228 g/mol. The first kappa shape index (κ1) is 13.1. The van der Waals surface area contributed by atoms with Gasteiger partial charge in [0.15, 0.2) is 0 Å². The van der Waals surface area contributed by atoms with Crippen molar-refractivity contribution in [2.75, 3.05) is 26.2 Å². The molecular formula is C14H24N2S. The fraction of sp³-hybridized carbons (Fsp3) is 0.714. The van der Waals surface area contributed by atoms with Gasteiger partial charge in [0.1, 0.15) is 0 Å². The molecule has 0 aliphatic carbocycles. The van der Waals surface area contributed by atoms with Gasteiger partial charge in [-0.25, -0.2) is 0 Å². The highest BCUT2D eigenvalue weighted by atomic mass is 32.1. The molecule has 17 heavy (non-hydrogen) atoms. The van der Waals surface area contributed by atoms with Crippen LogP contribution in [0.15, 0.2) is 17.5 Å². The summed E-state index contributed by atoms with van der Waals surface area (Å²) in [6, 6.07) is 5.16. The van der Waals surface area contributed by atoms with Crippen LogP contribution in [0.25, 0.3) is 0 Å². The largest absolute Gasteiger partial charge is 0.315 e. The van der Waals surface area contributed by atoms with Gasteiger partial charge in [-0.15, -0.1) is 11.3 Å². The Hall–Kier alpha value is -0.380. The van der Waals surface area contributed by atoms with Crippen molar-refractivity contribution >= 4 is 11.3 Å². The van der Waals surface area contributed by atoms with Gasteiger partial charge in [-0.1, -0.05) is 25.8 Å². The Morgan fingerprint density at radius 1 is 1.41 bits per heavy atom. The molecule has 2 heterocycles. The zero-order valence-corrected chi connectivity index (χ0v) is 11.6. The second kappa shape index (κ2) is 7.14. The molecule has 1 saturated heterocycles. The maximum Gasteiger partial charge on any atom is 0.0442 e. The number of nitrogens with zero attached hydrogens (tertiary/aromatic N) is 1. The lowest BCUT2D eigenvalue weighted by Crippen LogP contribution is -2.32. The summed E-state index contributed by atoms with van der Waals surface area (Å²) in [5.41, 5.74) is 0. The topological polar surface area (TPSA) is 15.3 Å². The molecule has 0 bridgehead atoms. The zero-order valence-electron chi connectivity index (χ0n) is 10.8. The Balaban J connectivity index is 2.02. The molecule has 0 amide bonds. The van der Waals surface area contributed by atoms with Crippen LogP contribution in [0.1, 0.15) is 43.5 Å². The van der Waals surface area contributed by atoms with Gasteiger partial charge in [0.2, 0.25) is 0 Å². The van der Waals surface area contributed by atoms with E-state index in [4.69, 9.17) is 0 Å². The maximum absolute atomic E-state index is 3.50. The summed E-state index contributed by atoms with van der Waals surface area (Å²) in [6.07, 6.45) is 5.24. The molecule has 1 aromatic rings. The Morgan fingerprint density at radius 2 is 2.35 bits per heavy atom. The third kappa shape index (κ3) is 3.80. The molecule has 1 aliphatic rings. The van der Waals surface area contributed by atoms with Gasteiger partial charge in [-0.3, -0.25) is 4.90 Å². The van der Waals surface area contributed by atoms with Gasteiger partial charge < -0.3 is 5.32 Å². The Bertz CT molecular complexity index is 289. The van der Waals surface area contributed by atoms with E-state index in [9.17, 15) is 0 Å². The number of hydrogen-bond donors (Lipinski definition) is 1.